The van der Waals surface area contributed by atoms with Gasteiger partial charge in [-0.1, -0.05) is 65.5 Å². The highest BCUT2D eigenvalue weighted by atomic mass is 32.3. The lowest BCUT2D eigenvalue weighted by Crippen LogP contribution is -2.55. The molecular formula is C27H46O5S. The van der Waals surface area contributed by atoms with Gasteiger partial charge in [-0.2, -0.15) is 8.42 Å². The monoisotopic (exact) mass is 482 g/mol. The molecule has 190 valence electrons. The quantitative estimate of drug-likeness (QED) is 0.334. The topological polar surface area (TPSA) is 83.8 Å². The van der Waals surface area contributed by atoms with Crippen LogP contribution in [0.3, 0.4) is 0 Å². The fraction of sp³-hybridized carbons (Fsp3) is 0.926. The van der Waals surface area contributed by atoms with Gasteiger partial charge in [0.2, 0.25) is 0 Å². The number of hydrogen-bond acceptors (Lipinski definition) is 4. The molecule has 0 aromatic rings. The minimum absolute atomic E-state index is 0.00866. The smallest absolute Gasteiger partial charge is 0.389 e. The molecule has 0 saturated heterocycles. The Balaban J connectivity index is 1.52. The molecule has 0 radical (unpaired) electrons. The SMILES string of the molecule is CC(C)CCC[C@@H](C)[C@H]1CC[C@H]2[C@H]3[C@H](O)C=C4C[C@@H](OS(=O)(=O)O)CC[C@]4(C)[C@@H]3CC[C@]12C. The molecule has 0 heterocycles. The average Bonchev–Trinajstić information content (AvgIpc) is 3.05. The van der Waals surface area contributed by atoms with E-state index in [-0.39, 0.29) is 5.41 Å². The summed E-state index contributed by atoms with van der Waals surface area (Å²) in [6.07, 6.45) is 11.8. The summed E-state index contributed by atoms with van der Waals surface area (Å²) in [4.78, 5) is 0. The van der Waals surface area contributed by atoms with Crippen LogP contribution in [0.25, 0.3) is 0 Å². The molecule has 2 N–H and O–H groups in total. The van der Waals surface area contributed by atoms with E-state index in [1.807, 2.05) is 6.08 Å². The summed E-state index contributed by atoms with van der Waals surface area (Å²) in [5, 5.41) is 11.4. The molecule has 0 aromatic carbocycles. The molecule has 0 unspecified atom stereocenters. The summed E-state index contributed by atoms with van der Waals surface area (Å²) in [6, 6.07) is 0. The third kappa shape index (κ3) is 4.83. The Labute approximate surface area is 201 Å². The van der Waals surface area contributed by atoms with E-state index in [2.05, 4.69) is 34.6 Å². The maximum Gasteiger partial charge on any atom is 0.397 e. The van der Waals surface area contributed by atoms with Crippen LogP contribution < -0.4 is 0 Å². The Hall–Kier alpha value is -0.430. The number of hydrogen-bond donors (Lipinski definition) is 2. The van der Waals surface area contributed by atoms with Crippen molar-refractivity contribution in [3.8, 4) is 0 Å². The van der Waals surface area contributed by atoms with Crippen LogP contribution in [-0.4, -0.2) is 30.3 Å². The van der Waals surface area contributed by atoms with Crippen LogP contribution >= 0.6 is 0 Å². The normalized spacial score (nSPS) is 44.1. The molecule has 3 saturated carbocycles. The highest BCUT2D eigenvalue weighted by Crippen LogP contribution is 2.67. The maximum absolute atomic E-state index is 11.4. The van der Waals surface area contributed by atoms with Crippen molar-refractivity contribution >= 4 is 10.4 Å². The second-order valence-electron chi connectivity index (χ2n) is 12.8. The first-order chi connectivity index (χ1) is 15.3. The minimum Gasteiger partial charge on any atom is -0.389 e. The summed E-state index contributed by atoms with van der Waals surface area (Å²) in [6.45, 7) is 11.9. The van der Waals surface area contributed by atoms with E-state index in [0.717, 1.165) is 36.2 Å². The van der Waals surface area contributed by atoms with E-state index in [4.69, 9.17) is 8.74 Å². The number of rotatable bonds is 7. The Morgan fingerprint density at radius 1 is 1.06 bits per heavy atom. The first-order valence-corrected chi connectivity index (χ1v) is 14.8. The van der Waals surface area contributed by atoms with Crippen LogP contribution in [0.15, 0.2) is 11.6 Å². The van der Waals surface area contributed by atoms with Gasteiger partial charge < -0.3 is 5.11 Å². The number of aliphatic hydroxyl groups is 1. The van der Waals surface area contributed by atoms with E-state index in [1.165, 1.54) is 38.5 Å². The summed E-state index contributed by atoms with van der Waals surface area (Å²) in [5.74, 6) is 3.56. The standard InChI is InChI=1S/C27H46O5S/c1-17(2)7-6-8-18(3)21-9-10-22-25-23(12-14-27(21,22)5)26(4)13-11-20(32-33(29,30)31)15-19(26)16-24(25)28/h16-18,20-25,28H,6-15H2,1-5H3,(H,29,30,31)/t18-,20+,21-,22+,23-,24-,25-,26+,27-/m1/s1. The zero-order valence-electron chi connectivity index (χ0n) is 21.3. The lowest BCUT2D eigenvalue weighted by Gasteiger charge is -2.59. The molecule has 4 rings (SSSR count). The van der Waals surface area contributed by atoms with Gasteiger partial charge in [0, 0.05) is 0 Å². The predicted molar refractivity (Wildman–Crippen MR) is 131 cm³/mol. The second kappa shape index (κ2) is 9.22. The number of fused-ring (bicyclic) bond motifs is 5. The van der Waals surface area contributed by atoms with E-state index >= 15 is 0 Å². The van der Waals surface area contributed by atoms with Crippen molar-refractivity contribution in [1.82, 2.24) is 0 Å². The van der Waals surface area contributed by atoms with Crippen LogP contribution in [0, 0.1) is 46.3 Å². The van der Waals surface area contributed by atoms with Crippen LogP contribution in [0.4, 0.5) is 0 Å². The molecule has 0 amide bonds. The van der Waals surface area contributed by atoms with Crippen LogP contribution in [0.5, 0.6) is 0 Å². The Kier molecular flexibility index (Phi) is 7.17. The van der Waals surface area contributed by atoms with E-state index in [0.29, 0.717) is 36.0 Å². The lowest BCUT2D eigenvalue weighted by atomic mass is 9.46. The van der Waals surface area contributed by atoms with Gasteiger partial charge in [0.15, 0.2) is 0 Å². The molecule has 4 aliphatic rings. The zero-order valence-corrected chi connectivity index (χ0v) is 22.1. The fourth-order valence-electron chi connectivity index (χ4n) is 8.89. The molecule has 5 nitrogen and oxygen atoms in total. The minimum atomic E-state index is -4.45. The van der Waals surface area contributed by atoms with Gasteiger partial charge in [0.25, 0.3) is 0 Å². The largest absolute Gasteiger partial charge is 0.397 e. The van der Waals surface area contributed by atoms with Crippen molar-refractivity contribution in [2.75, 3.05) is 0 Å². The van der Waals surface area contributed by atoms with Gasteiger partial charge in [-0.25, -0.2) is 4.18 Å². The van der Waals surface area contributed by atoms with Crippen LogP contribution in [0.1, 0.15) is 98.8 Å². The second-order valence-corrected chi connectivity index (χ2v) is 13.9. The van der Waals surface area contributed by atoms with Crippen molar-refractivity contribution in [2.24, 2.45) is 46.3 Å². The Morgan fingerprint density at radius 2 is 1.79 bits per heavy atom. The zero-order chi connectivity index (χ0) is 24.2. The van der Waals surface area contributed by atoms with Crippen molar-refractivity contribution in [2.45, 2.75) is 111 Å². The van der Waals surface area contributed by atoms with E-state index in [1.54, 1.807) is 0 Å². The summed E-state index contributed by atoms with van der Waals surface area (Å²) < 4.78 is 36.5. The van der Waals surface area contributed by atoms with Gasteiger partial charge in [-0.05, 0) is 91.3 Å². The Morgan fingerprint density at radius 3 is 2.45 bits per heavy atom. The average molecular weight is 483 g/mol. The van der Waals surface area contributed by atoms with Crippen molar-refractivity contribution in [3.05, 3.63) is 11.6 Å². The third-order valence-corrected chi connectivity index (χ3v) is 11.1. The highest BCUT2D eigenvalue weighted by Gasteiger charge is 2.61. The molecule has 6 heteroatoms. The van der Waals surface area contributed by atoms with Gasteiger partial charge >= 0.3 is 10.4 Å². The summed E-state index contributed by atoms with van der Waals surface area (Å²) in [7, 11) is -4.45. The van der Waals surface area contributed by atoms with Crippen molar-refractivity contribution in [3.63, 3.8) is 0 Å². The molecule has 9 atom stereocenters. The Bertz CT molecular complexity index is 851. The van der Waals surface area contributed by atoms with E-state index < -0.39 is 22.6 Å². The fourth-order valence-corrected chi connectivity index (χ4v) is 9.40. The van der Waals surface area contributed by atoms with Crippen molar-refractivity contribution in [1.29, 1.82) is 0 Å². The molecular weight excluding hydrogens is 436 g/mol. The maximum atomic E-state index is 11.4. The molecule has 3 fully saturated rings. The highest BCUT2D eigenvalue weighted by molar-refractivity contribution is 7.80. The molecule has 0 bridgehead atoms. The van der Waals surface area contributed by atoms with Crippen LogP contribution in [0.2, 0.25) is 0 Å². The van der Waals surface area contributed by atoms with Crippen LogP contribution in [-0.2, 0) is 14.6 Å². The van der Waals surface area contributed by atoms with Crippen molar-refractivity contribution < 1.29 is 22.3 Å². The van der Waals surface area contributed by atoms with Gasteiger partial charge in [-0.3, -0.25) is 4.55 Å². The van der Waals surface area contributed by atoms with Gasteiger partial charge in [-0.15, -0.1) is 0 Å². The summed E-state index contributed by atoms with van der Waals surface area (Å²) in [5.41, 5.74) is 1.44. The van der Waals surface area contributed by atoms with Gasteiger partial charge in [0.1, 0.15) is 0 Å². The predicted octanol–water partition coefficient (Wildman–Crippen LogP) is 6.19. The first kappa shape index (κ1) is 25.7. The molecule has 33 heavy (non-hydrogen) atoms. The summed E-state index contributed by atoms with van der Waals surface area (Å²) >= 11 is 0. The molecule has 0 aromatic heterocycles. The lowest BCUT2D eigenvalue weighted by molar-refractivity contribution is -0.0962. The number of aliphatic hydroxyl groups excluding tert-OH is 1. The first-order valence-electron chi connectivity index (χ1n) is 13.4. The van der Waals surface area contributed by atoms with E-state index in [9.17, 15) is 13.5 Å². The third-order valence-electron chi connectivity index (χ3n) is 10.5. The van der Waals surface area contributed by atoms with Gasteiger partial charge in [0.05, 0.1) is 12.2 Å². The molecule has 0 spiro atoms. The molecule has 4 aliphatic carbocycles. The molecule has 0 aliphatic heterocycles.